The monoisotopic (exact) mass is 189 g/mol. The molecule has 0 spiro atoms. The van der Waals surface area contributed by atoms with Crippen molar-refractivity contribution in [3.63, 3.8) is 0 Å². The second kappa shape index (κ2) is 6.14. The van der Waals surface area contributed by atoms with Crippen molar-refractivity contribution < 1.29 is 0 Å². The van der Waals surface area contributed by atoms with Crippen LogP contribution in [0.3, 0.4) is 0 Å². The Morgan fingerprint density at radius 2 is 1.71 bits per heavy atom. The maximum absolute atomic E-state index is 4.38. The van der Waals surface area contributed by atoms with Crippen molar-refractivity contribution >= 4 is 5.71 Å². The quantitative estimate of drug-likeness (QED) is 0.467. The van der Waals surface area contributed by atoms with E-state index in [0.717, 1.165) is 22.6 Å². The van der Waals surface area contributed by atoms with E-state index < -0.39 is 0 Å². The summed E-state index contributed by atoms with van der Waals surface area (Å²) in [5.41, 5.74) is 4.17. The number of nitrogens with zero attached hydrogens (tertiary/aromatic N) is 1. The van der Waals surface area contributed by atoms with Crippen LogP contribution in [0, 0.1) is 0 Å². The lowest BCUT2D eigenvalue weighted by atomic mass is 10.1. The highest BCUT2D eigenvalue weighted by Gasteiger charge is 1.97. The van der Waals surface area contributed by atoms with Crippen LogP contribution in [0.2, 0.25) is 0 Å². The van der Waals surface area contributed by atoms with E-state index in [0.29, 0.717) is 0 Å². The summed E-state index contributed by atoms with van der Waals surface area (Å²) in [6, 6.07) is 0. The third kappa shape index (κ3) is 4.61. The number of aliphatic imine (C=N–C) groups is 1. The molecular formula is C13H19N. The lowest BCUT2D eigenvalue weighted by Crippen LogP contribution is -1.87. The summed E-state index contributed by atoms with van der Waals surface area (Å²) in [5.74, 6) is 0. The van der Waals surface area contributed by atoms with Crippen molar-refractivity contribution in [1.29, 1.82) is 0 Å². The fourth-order valence-electron chi connectivity index (χ4n) is 0.961. The third-order valence-corrected chi connectivity index (χ3v) is 1.85. The Hall–Kier alpha value is -1.37. The Labute approximate surface area is 87.3 Å². The molecule has 1 heteroatoms. The van der Waals surface area contributed by atoms with Gasteiger partial charge in [-0.05, 0) is 38.8 Å². The van der Waals surface area contributed by atoms with Gasteiger partial charge < -0.3 is 0 Å². The van der Waals surface area contributed by atoms with Gasteiger partial charge >= 0.3 is 0 Å². The molecular weight excluding hydrogens is 170 g/mol. The van der Waals surface area contributed by atoms with Gasteiger partial charge in [0.2, 0.25) is 0 Å². The van der Waals surface area contributed by atoms with E-state index in [4.69, 9.17) is 0 Å². The summed E-state index contributed by atoms with van der Waals surface area (Å²) in [4.78, 5) is 4.38. The van der Waals surface area contributed by atoms with Crippen molar-refractivity contribution in [2.75, 3.05) is 0 Å². The van der Waals surface area contributed by atoms with Gasteiger partial charge in [0.15, 0.2) is 0 Å². The van der Waals surface area contributed by atoms with E-state index >= 15 is 0 Å². The summed E-state index contributed by atoms with van der Waals surface area (Å²) in [6.45, 7) is 15.6. The van der Waals surface area contributed by atoms with Crippen LogP contribution in [0.5, 0.6) is 0 Å². The van der Waals surface area contributed by atoms with Crippen LogP contribution in [-0.4, -0.2) is 5.71 Å². The van der Waals surface area contributed by atoms with Crippen LogP contribution in [0.4, 0.5) is 0 Å². The fourth-order valence-corrected chi connectivity index (χ4v) is 0.961. The Morgan fingerprint density at radius 1 is 1.14 bits per heavy atom. The van der Waals surface area contributed by atoms with Gasteiger partial charge in [-0.1, -0.05) is 31.4 Å². The third-order valence-electron chi connectivity index (χ3n) is 1.85. The minimum atomic E-state index is 0.979. The van der Waals surface area contributed by atoms with Crippen molar-refractivity contribution in [2.45, 2.75) is 27.7 Å². The van der Waals surface area contributed by atoms with Crippen LogP contribution in [-0.2, 0) is 0 Å². The zero-order valence-corrected chi connectivity index (χ0v) is 9.59. The molecule has 0 N–H and O–H groups in total. The smallest absolute Gasteiger partial charge is 0.0406 e. The molecule has 0 saturated heterocycles. The molecule has 0 amide bonds. The van der Waals surface area contributed by atoms with Crippen LogP contribution in [0.15, 0.2) is 53.2 Å². The van der Waals surface area contributed by atoms with E-state index in [9.17, 15) is 0 Å². The zero-order chi connectivity index (χ0) is 11.1. The van der Waals surface area contributed by atoms with Crippen LogP contribution in [0.25, 0.3) is 0 Å². The highest BCUT2D eigenvalue weighted by atomic mass is 14.7. The van der Waals surface area contributed by atoms with E-state index in [1.54, 1.807) is 6.08 Å². The van der Waals surface area contributed by atoms with Crippen molar-refractivity contribution in [1.82, 2.24) is 0 Å². The molecule has 0 heterocycles. The molecule has 0 saturated carbocycles. The van der Waals surface area contributed by atoms with E-state index in [1.807, 2.05) is 39.8 Å². The zero-order valence-electron chi connectivity index (χ0n) is 9.59. The van der Waals surface area contributed by atoms with Gasteiger partial charge in [-0.15, -0.1) is 0 Å². The van der Waals surface area contributed by atoms with Crippen LogP contribution >= 0.6 is 0 Å². The van der Waals surface area contributed by atoms with Gasteiger partial charge in [-0.2, -0.15) is 0 Å². The van der Waals surface area contributed by atoms with Gasteiger partial charge in [-0.25, -0.2) is 0 Å². The average Bonchev–Trinajstić information content (AvgIpc) is 2.11. The topological polar surface area (TPSA) is 12.4 Å². The maximum atomic E-state index is 4.38. The molecule has 0 unspecified atom stereocenters. The maximum Gasteiger partial charge on any atom is 0.0406 e. The molecule has 0 bridgehead atoms. The van der Waals surface area contributed by atoms with Crippen LogP contribution < -0.4 is 0 Å². The molecule has 0 rings (SSSR count). The first-order valence-corrected chi connectivity index (χ1v) is 4.66. The fraction of sp³-hybridized carbons (Fsp3) is 0.308. The minimum absolute atomic E-state index is 0.979. The van der Waals surface area contributed by atoms with E-state index in [2.05, 4.69) is 18.2 Å². The first-order valence-electron chi connectivity index (χ1n) is 4.66. The second-order valence-electron chi connectivity index (χ2n) is 3.39. The van der Waals surface area contributed by atoms with Gasteiger partial charge in [0.1, 0.15) is 0 Å². The Balaban J connectivity index is 4.82. The molecule has 0 atom stereocenters. The van der Waals surface area contributed by atoms with Crippen molar-refractivity contribution in [2.24, 2.45) is 4.99 Å². The summed E-state index contributed by atoms with van der Waals surface area (Å²) in [7, 11) is 0. The summed E-state index contributed by atoms with van der Waals surface area (Å²) in [5, 5.41) is 0. The van der Waals surface area contributed by atoms with Gasteiger partial charge in [0, 0.05) is 11.4 Å². The number of rotatable bonds is 4. The largest absolute Gasteiger partial charge is 0.263 e. The second-order valence-corrected chi connectivity index (χ2v) is 3.39. The molecule has 14 heavy (non-hydrogen) atoms. The molecule has 0 aliphatic heterocycles. The first kappa shape index (κ1) is 12.6. The summed E-state index contributed by atoms with van der Waals surface area (Å²) >= 11 is 0. The highest BCUT2D eigenvalue weighted by Crippen LogP contribution is 2.14. The molecule has 1 nitrogen and oxygen atoms in total. The SMILES string of the molecule is C=C/C=C\C(=C)/C(C)=C(/C)N=C(C)C. The van der Waals surface area contributed by atoms with Gasteiger partial charge in [-0.3, -0.25) is 4.99 Å². The highest BCUT2D eigenvalue weighted by molar-refractivity contribution is 5.80. The first-order chi connectivity index (χ1) is 6.49. The van der Waals surface area contributed by atoms with E-state index in [1.165, 1.54) is 0 Å². The Kier molecular flexibility index (Phi) is 5.54. The molecule has 0 radical (unpaired) electrons. The molecule has 0 aromatic carbocycles. The van der Waals surface area contributed by atoms with Crippen molar-refractivity contribution in [3.05, 3.63) is 48.2 Å². The predicted octanol–water partition coefficient (Wildman–Crippen LogP) is 4.06. The molecule has 0 aliphatic rings. The summed E-state index contributed by atoms with van der Waals surface area (Å²) in [6.07, 6.45) is 5.55. The van der Waals surface area contributed by atoms with Gasteiger partial charge in [0.05, 0.1) is 0 Å². The normalized spacial score (nSPS) is 12.3. The molecule has 76 valence electrons. The molecule has 0 aromatic heterocycles. The lowest BCUT2D eigenvalue weighted by molar-refractivity contribution is 1.20. The van der Waals surface area contributed by atoms with Crippen LogP contribution in [0.1, 0.15) is 27.7 Å². The number of hydrogen-bond acceptors (Lipinski definition) is 1. The van der Waals surface area contributed by atoms with Gasteiger partial charge in [0.25, 0.3) is 0 Å². The molecule has 0 fully saturated rings. The average molecular weight is 189 g/mol. The Morgan fingerprint density at radius 3 is 2.14 bits per heavy atom. The predicted molar refractivity (Wildman–Crippen MR) is 65.6 cm³/mol. The Bertz CT molecular complexity index is 310. The van der Waals surface area contributed by atoms with E-state index in [-0.39, 0.29) is 0 Å². The standard InChI is InChI=1S/C13H19N/c1-7-8-9-11(4)12(5)13(6)14-10(2)3/h7-9H,1,4H2,2-3,5-6H3/b9-8-,13-12-. The number of hydrogen-bond donors (Lipinski definition) is 0. The molecule has 0 aliphatic carbocycles. The number of allylic oxidation sites excluding steroid dienone is 6. The summed E-state index contributed by atoms with van der Waals surface area (Å²) < 4.78 is 0. The lowest BCUT2D eigenvalue weighted by Gasteiger charge is -2.03. The van der Waals surface area contributed by atoms with Crippen molar-refractivity contribution in [3.8, 4) is 0 Å². The minimum Gasteiger partial charge on any atom is -0.263 e. The molecule has 0 aromatic rings.